The number of pyridine rings is 1. The molecule has 2 aromatic rings. The summed E-state index contributed by atoms with van der Waals surface area (Å²) in [6, 6.07) is 8.83. The number of hydrogen-bond acceptors (Lipinski definition) is 7. The van der Waals surface area contributed by atoms with Crippen LogP contribution < -0.4 is 15.4 Å². The van der Waals surface area contributed by atoms with E-state index in [1.54, 1.807) is 34.6 Å². The maximum absolute atomic E-state index is 14.4. The van der Waals surface area contributed by atoms with Gasteiger partial charge in [0.1, 0.15) is 27.6 Å². The molecule has 1 aromatic heterocycles. The molecule has 206 valence electrons. The van der Waals surface area contributed by atoms with Crippen molar-refractivity contribution in [3.8, 4) is 6.07 Å². The fourth-order valence-electron chi connectivity index (χ4n) is 5.13. The molecule has 2 aliphatic rings. The molecule has 3 heterocycles. The highest BCUT2D eigenvalue weighted by Gasteiger charge is 2.33. The van der Waals surface area contributed by atoms with Gasteiger partial charge in [0.2, 0.25) is 0 Å². The van der Waals surface area contributed by atoms with Crippen LogP contribution in [-0.4, -0.2) is 52.4 Å². The summed E-state index contributed by atoms with van der Waals surface area (Å²) in [5.74, 6) is 0.301. The molecule has 1 amide bonds. The van der Waals surface area contributed by atoms with Crippen LogP contribution >= 0.6 is 24.0 Å². The van der Waals surface area contributed by atoms with Gasteiger partial charge in [0.25, 0.3) is 11.5 Å². The van der Waals surface area contributed by atoms with E-state index in [1.807, 2.05) is 17.9 Å². The number of unbranched alkanes of at least 4 members (excludes halogenated alkanes) is 2. The van der Waals surface area contributed by atoms with E-state index in [4.69, 9.17) is 12.2 Å². The van der Waals surface area contributed by atoms with Crippen LogP contribution in [0.5, 0.6) is 0 Å². The Labute approximate surface area is 238 Å². The quantitative estimate of drug-likeness (QED) is 0.231. The summed E-state index contributed by atoms with van der Waals surface area (Å²) in [5, 5.41) is 9.88. The van der Waals surface area contributed by atoms with E-state index in [-0.39, 0.29) is 22.8 Å². The second-order valence-corrected chi connectivity index (χ2v) is 11.4. The molecule has 0 saturated carbocycles. The standard InChI is InChI=1S/C29H34FN5O2S2/c1-4-6-9-13-35-28(37)25(39-29(35)38)18-21-20(3)22(19-31)27(36)34(12-5-2)26(21)33-16-14-32(15-17-33)24-11-8-7-10-23(24)30/h7-8,10-11,18H,4-6,9,12-17H2,1-3H3/b25-18-. The number of amides is 1. The summed E-state index contributed by atoms with van der Waals surface area (Å²) < 4.78 is 16.6. The van der Waals surface area contributed by atoms with Crippen LogP contribution in [-0.2, 0) is 11.3 Å². The minimum absolute atomic E-state index is 0.0851. The largest absolute Gasteiger partial charge is 0.366 e. The highest BCUT2D eigenvalue weighted by molar-refractivity contribution is 8.26. The number of benzene rings is 1. The molecule has 0 spiro atoms. The van der Waals surface area contributed by atoms with E-state index in [9.17, 15) is 19.2 Å². The number of halogens is 1. The van der Waals surface area contributed by atoms with Gasteiger partial charge < -0.3 is 9.80 Å². The summed E-state index contributed by atoms with van der Waals surface area (Å²) in [6.07, 6.45) is 5.46. The normalized spacial score (nSPS) is 16.9. The maximum Gasteiger partial charge on any atom is 0.270 e. The van der Waals surface area contributed by atoms with Crippen molar-refractivity contribution in [1.29, 1.82) is 5.26 Å². The SMILES string of the molecule is CCCCCN1C(=O)/C(=C/c2c(C)c(C#N)c(=O)n(CCC)c2N2CCN(c3ccccc3F)CC2)SC1=S. The Morgan fingerprint density at radius 1 is 1.05 bits per heavy atom. The Kier molecular flexibility index (Phi) is 9.46. The third kappa shape index (κ3) is 5.89. The summed E-state index contributed by atoms with van der Waals surface area (Å²) in [5.41, 5.74) is 1.56. The van der Waals surface area contributed by atoms with Crippen molar-refractivity contribution in [2.45, 2.75) is 53.0 Å². The van der Waals surface area contributed by atoms with Crippen LogP contribution in [0.15, 0.2) is 34.0 Å². The van der Waals surface area contributed by atoms with Crippen molar-refractivity contribution in [2.24, 2.45) is 0 Å². The molecule has 7 nitrogen and oxygen atoms in total. The molecule has 2 aliphatic heterocycles. The molecule has 2 fully saturated rings. The van der Waals surface area contributed by atoms with Gasteiger partial charge in [-0.05, 0) is 43.5 Å². The van der Waals surface area contributed by atoms with E-state index >= 15 is 0 Å². The first-order chi connectivity index (χ1) is 18.8. The number of carbonyl (C=O) groups is 1. The van der Waals surface area contributed by atoms with Gasteiger partial charge in [-0.1, -0.05) is 62.8 Å². The molecule has 10 heteroatoms. The number of para-hydroxylation sites is 1. The third-order valence-corrected chi connectivity index (χ3v) is 8.58. The second-order valence-electron chi connectivity index (χ2n) is 9.77. The van der Waals surface area contributed by atoms with Crippen molar-refractivity contribution in [1.82, 2.24) is 9.47 Å². The van der Waals surface area contributed by atoms with Crippen LogP contribution in [0.2, 0.25) is 0 Å². The number of carbonyl (C=O) groups excluding carboxylic acids is 1. The predicted molar refractivity (Wildman–Crippen MR) is 161 cm³/mol. The van der Waals surface area contributed by atoms with Gasteiger partial charge in [-0.2, -0.15) is 5.26 Å². The minimum Gasteiger partial charge on any atom is -0.366 e. The van der Waals surface area contributed by atoms with E-state index in [0.717, 1.165) is 19.3 Å². The van der Waals surface area contributed by atoms with Crippen LogP contribution in [0.25, 0.3) is 6.08 Å². The Morgan fingerprint density at radius 2 is 1.74 bits per heavy atom. The lowest BCUT2D eigenvalue weighted by Crippen LogP contribution is -2.49. The number of hydrogen-bond donors (Lipinski definition) is 0. The number of thioether (sulfide) groups is 1. The first kappa shape index (κ1) is 28.8. The van der Waals surface area contributed by atoms with Crippen LogP contribution in [0, 0.1) is 24.1 Å². The molecule has 4 rings (SSSR count). The van der Waals surface area contributed by atoms with Gasteiger partial charge in [-0.15, -0.1) is 0 Å². The molecule has 0 radical (unpaired) electrons. The Hall–Kier alpha value is -3.16. The van der Waals surface area contributed by atoms with Crippen molar-refractivity contribution >= 4 is 51.8 Å². The molecule has 0 atom stereocenters. The average Bonchev–Trinajstić information content (AvgIpc) is 3.20. The zero-order valence-corrected chi connectivity index (χ0v) is 24.3. The summed E-state index contributed by atoms with van der Waals surface area (Å²) in [4.78, 5) is 33.1. The zero-order valence-electron chi connectivity index (χ0n) is 22.7. The zero-order chi connectivity index (χ0) is 28.1. The van der Waals surface area contributed by atoms with E-state index < -0.39 is 0 Å². The van der Waals surface area contributed by atoms with Gasteiger partial charge in [-0.3, -0.25) is 19.1 Å². The second kappa shape index (κ2) is 12.8. The van der Waals surface area contributed by atoms with Crippen LogP contribution in [0.3, 0.4) is 0 Å². The number of nitriles is 1. The number of piperazine rings is 1. The Bertz CT molecular complexity index is 1390. The molecular weight excluding hydrogens is 533 g/mol. The fourth-order valence-corrected chi connectivity index (χ4v) is 6.42. The fraction of sp³-hybridized carbons (Fsp3) is 0.448. The van der Waals surface area contributed by atoms with Crippen molar-refractivity contribution in [3.05, 3.63) is 62.0 Å². The summed E-state index contributed by atoms with van der Waals surface area (Å²) in [7, 11) is 0. The lowest BCUT2D eigenvalue weighted by Gasteiger charge is -2.39. The highest BCUT2D eigenvalue weighted by Crippen LogP contribution is 2.36. The maximum atomic E-state index is 14.4. The summed E-state index contributed by atoms with van der Waals surface area (Å²) >= 11 is 6.80. The molecule has 1 aromatic carbocycles. The number of rotatable bonds is 9. The minimum atomic E-state index is -0.326. The first-order valence-electron chi connectivity index (χ1n) is 13.5. The number of aromatic nitrogens is 1. The molecule has 39 heavy (non-hydrogen) atoms. The molecule has 0 aliphatic carbocycles. The van der Waals surface area contributed by atoms with Gasteiger partial charge in [0.15, 0.2) is 0 Å². The first-order valence-corrected chi connectivity index (χ1v) is 14.7. The van der Waals surface area contributed by atoms with Gasteiger partial charge >= 0.3 is 0 Å². The van der Waals surface area contributed by atoms with Gasteiger partial charge in [0.05, 0.1) is 10.6 Å². The van der Waals surface area contributed by atoms with E-state index in [2.05, 4.69) is 17.9 Å². The molecule has 2 saturated heterocycles. The number of nitrogens with zero attached hydrogens (tertiary/aromatic N) is 5. The van der Waals surface area contributed by atoms with E-state index in [1.165, 1.54) is 17.8 Å². The van der Waals surface area contributed by atoms with E-state index in [0.29, 0.717) is 77.5 Å². The molecule has 0 unspecified atom stereocenters. The number of anilines is 2. The lowest BCUT2D eigenvalue weighted by atomic mass is 10.0. The highest BCUT2D eigenvalue weighted by atomic mass is 32.2. The Balaban J connectivity index is 1.75. The van der Waals surface area contributed by atoms with Crippen molar-refractivity contribution in [2.75, 3.05) is 42.5 Å². The smallest absolute Gasteiger partial charge is 0.270 e. The van der Waals surface area contributed by atoms with Crippen molar-refractivity contribution < 1.29 is 9.18 Å². The lowest BCUT2D eigenvalue weighted by molar-refractivity contribution is -0.122. The van der Waals surface area contributed by atoms with Crippen LogP contribution in [0.1, 0.15) is 56.2 Å². The number of thiocarbonyl (C=S) groups is 1. The van der Waals surface area contributed by atoms with Crippen LogP contribution in [0.4, 0.5) is 15.9 Å². The Morgan fingerprint density at radius 3 is 2.38 bits per heavy atom. The summed E-state index contributed by atoms with van der Waals surface area (Å²) in [6.45, 7) is 9.14. The predicted octanol–water partition coefficient (Wildman–Crippen LogP) is 5.30. The topological polar surface area (TPSA) is 72.6 Å². The molecular formula is C29H34FN5O2S2. The van der Waals surface area contributed by atoms with Crippen molar-refractivity contribution in [3.63, 3.8) is 0 Å². The van der Waals surface area contributed by atoms with Gasteiger partial charge in [-0.25, -0.2) is 4.39 Å². The third-order valence-electron chi connectivity index (χ3n) is 7.20. The van der Waals surface area contributed by atoms with Gasteiger partial charge in [0, 0.05) is 44.8 Å². The average molecular weight is 568 g/mol. The molecule has 0 N–H and O–H groups in total. The monoisotopic (exact) mass is 567 g/mol. The molecule has 0 bridgehead atoms.